The van der Waals surface area contributed by atoms with Gasteiger partial charge in [0.05, 0.1) is 24.9 Å². The first-order chi connectivity index (χ1) is 13.6. The number of fused-ring (bicyclic) bond motifs is 2. The Morgan fingerprint density at radius 1 is 1.25 bits per heavy atom. The normalized spacial score (nSPS) is 26.0. The third kappa shape index (κ3) is 2.92. The van der Waals surface area contributed by atoms with Crippen LogP contribution in [0.15, 0.2) is 47.6 Å². The smallest absolute Gasteiger partial charge is 0.135 e. The number of aliphatic hydroxyl groups excluding tert-OH is 1. The van der Waals surface area contributed by atoms with Gasteiger partial charge < -0.3 is 14.7 Å². The Balaban J connectivity index is 1.33. The first-order valence-corrected chi connectivity index (χ1v) is 10.5. The van der Waals surface area contributed by atoms with Crippen molar-refractivity contribution in [2.45, 2.75) is 12.8 Å². The fourth-order valence-electron chi connectivity index (χ4n) is 4.68. The number of rotatable bonds is 5. The number of hydrogen-bond acceptors (Lipinski definition) is 5. The molecular weight excluding hydrogens is 370 g/mol. The molecule has 0 radical (unpaired) electrons. The Morgan fingerprint density at radius 3 is 2.75 bits per heavy atom. The molecule has 2 heterocycles. The van der Waals surface area contributed by atoms with Gasteiger partial charge >= 0.3 is 0 Å². The van der Waals surface area contributed by atoms with Crippen LogP contribution in [-0.2, 0) is 0 Å². The molecule has 2 bridgehead atoms. The summed E-state index contributed by atoms with van der Waals surface area (Å²) < 4.78 is 5.21. The Hall–Kier alpha value is -2.60. The second-order valence-electron chi connectivity index (χ2n) is 7.86. The van der Waals surface area contributed by atoms with Crippen LogP contribution in [0.5, 0.6) is 5.75 Å². The summed E-state index contributed by atoms with van der Waals surface area (Å²) in [6.45, 7) is 1.26. The highest BCUT2D eigenvalue weighted by Crippen LogP contribution is 2.44. The molecule has 3 atom stereocenters. The van der Waals surface area contributed by atoms with E-state index in [0.29, 0.717) is 34.8 Å². The van der Waals surface area contributed by atoms with Gasteiger partial charge in [-0.15, -0.1) is 11.3 Å². The van der Waals surface area contributed by atoms with Gasteiger partial charge in [0.25, 0.3) is 0 Å². The molecule has 3 aliphatic rings. The zero-order chi connectivity index (χ0) is 19.3. The second-order valence-corrected chi connectivity index (χ2v) is 8.72. The van der Waals surface area contributed by atoms with Crippen molar-refractivity contribution in [3.8, 4) is 17.0 Å². The van der Waals surface area contributed by atoms with E-state index in [0.717, 1.165) is 29.5 Å². The number of aliphatic hydroxyl groups is 1. The molecule has 0 saturated heterocycles. The van der Waals surface area contributed by atoms with Crippen molar-refractivity contribution in [1.82, 2.24) is 9.88 Å². The molecule has 1 aliphatic heterocycles. The van der Waals surface area contributed by atoms with E-state index in [1.807, 2.05) is 34.5 Å². The third-order valence-electron chi connectivity index (χ3n) is 6.16. The average molecular weight is 394 g/mol. The van der Waals surface area contributed by atoms with E-state index >= 15 is 0 Å². The Kier molecular flexibility index (Phi) is 4.23. The fourth-order valence-corrected chi connectivity index (χ4v) is 5.58. The van der Waals surface area contributed by atoms with Crippen LogP contribution in [0.4, 0.5) is 0 Å². The summed E-state index contributed by atoms with van der Waals surface area (Å²) in [5, 5.41) is 21.9. The van der Waals surface area contributed by atoms with Crippen LogP contribution in [0.2, 0.25) is 0 Å². The molecule has 1 fully saturated rings. The molecule has 28 heavy (non-hydrogen) atoms. The number of benzene rings is 1. The first-order valence-electron chi connectivity index (χ1n) is 9.67. The molecule has 1 aromatic heterocycles. The largest absolute Gasteiger partial charge is 0.510 e. The SMILES string of the molecule is COc1ccc(-c2csc(C3=C(O)CN(C[C@@H]4C[C@H]5C=C[C@H]4C5)C3=N)n2)cc1. The number of thiazole rings is 1. The minimum absolute atomic E-state index is 0.263. The lowest BCUT2D eigenvalue weighted by molar-refractivity contribution is 0.294. The van der Waals surface area contributed by atoms with Gasteiger partial charge in [0.15, 0.2) is 0 Å². The van der Waals surface area contributed by atoms with Gasteiger partial charge in [-0.1, -0.05) is 12.2 Å². The van der Waals surface area contributed by atoms with E-state index in [1.165, 1.54) is 24.2 Å². The topological polar surface area (TPSA) is 69.4 Å². The van der Waals surface area contributed by atoms with E-state index < -0.39 is 0 Å². The number of nitrogens with zero attached hydrogens (tertiary/aromatic N) is 2. The predicted molar refractivity (Wildman–Crippen MR) is 112 cm³/mol. The highest BCUT2D eigenvalue weighted by molar-refractivity contribution is 7.11. The number of nitrogens with one attached hydrogen (secondary N) is 1. The Labute approximate surface area is 168 Å². The van der Waals surface area contributed by atoms with Gasteiger partial charge in [0.2, 0.25) is 0 Å². The predicted octanol–water partition coefficient (Wildman–Crippen LogP) is 4.59. The number of ether oxygens (including phenoxy) is 1. The molecule has 2 N–H and O–H groups in total. The molecule has 0 unspecified atom stereocenters. The van der Waals surface area contributed by atoms with Crippen molar-refractivity contribution in [1.29, 1.82) is 5.41 Å². The second kappa shape index (κ2) is 6.78. The summed E-state index contributed by atoms with van der Waals surface area (Å²) in [5.74, 6) is 3.43. The van der Waals surface area contributed by atoms with E-state index in [4.69, 9.17) is 15.1 Å². The van der Waals surface area contributed by atoms with E-state index in [2.05, 4.69) is 12.2 Å². The number of amidine groups is 1. The molecule has 2 aliphatic carbocycles. The molecular formula is C22H23N3O2S. The van der Waals surface area contributed by atoms with Crippen LogP contribution >= 0.6 is 11.3 Å². The van der Waals surface area contributed by atoms with Gasteiger partial charge in [0.1, 0.15) is 22.4 Å². The minimum atomic E-state index is 0.263. The molecule has 144 valence electrons. The molecule has 6 heteroatoms. The maximum atomic E-state index is 10.6. The molecule has 2 aromatic rings. The highest BCUT2D eigenvalue weighted by atomic mass is 32.1. The van der Waals surface area contributed by atoms with Crippen molar-refractivity contribution in [2.24, 2.45) is 17.8 Å². The molecule has 0 spiro atoms. The fraction of sp³-hybridized carbons (Fsp3) is 0.364. The van der Waals surface area contributed by atoms with Gasteiger partial charge in [0, 0.05) is 17.5 Å². The molecule has 5 nitrogen and oxygen atoms in total. The summed E-state index contributed by atoms with van der Waals surface area (Å²) in [7, 11) is 1.65. The quantitative estimate of drug-likeness (QED) is 0.729. The summed E-state index contributed by atoms with van der Waals surface area (Å²) >= 11 is 1.48. The number of hydrogen-bond donors (Lipinski definition) is 2. The lowest BCUT2D eigenvalue weighted by Gasteiger charge is -2.26. The average Bonchev–Trinajstić information content (AvgIpc) is 3.48. The van der Waals surface area contributed by atoms with Crippen molar-refractivity contribution >= 4 is 22.7 Å². The van der Waals surface area contributed by atoms with Crippen LogP contribution in [0.1, 0.15) is 17.8 Å². The first kappa shape index (κ1) is 17.5. The Morgan fingerprint density at radius 2 is 2.07 bits per heavy atom. The lowest BCUT2D eigenvalue weighted by Crippen LogP contribution is -2.33. The molecule has 1 aromatic carbocycles. The zero-order valence-corrected chi connectivity index (χ0v) is 16.6. The number of allylic oxidation sites excluding steroid dienone is 2. The van der Waals surface area contributed by atoms with Crippen molar-refractivity contribution < 1.29 is 9.84 Å². The number of methoxy groups -OCH3 is 1. The van der Waals surface area contributed by atoms with Crippen LogP contribution in [0, 0.1) is 23.2 Å². The van der Waals surface area contributed by atoms with Crippen molar-refractivity contribution in [2.75, 3.05) is 20.2 Å². The zero-order valence-electron chi connectivity index (χ0n) is 15.8. The Bertz CT molecular complexity index is 976. The maximum Gasteiger partial charge on any atom is 0.135 e. The van der Waals surface area contributed by atoms with Gasteiger partial charge in [-0.3, -0.25) is 5.41 Å². The van der Waals surface area contributed by atoms with Crippen molar-refractivity contribution in [3.63, 3.8) is 0 Å². The van der Waals surface area contributed by atoms with Crippen molar-refractivity contribution in [3.05, 3.63) is 52.6 Å². The van der Waals surface area contributed by atoms with Gasteiger partial charge in [-0.25, -0.2) is 4.98 Å². The maximum absolute atomic E-state index is 10.6. The molecule has 0 amide bonds. The monoisotopic (exact) mass is 393 g/mol. The van der Waals surface area contributed by atoms with Gasteiger partial charge in [-0.2, -0.15) is 0 Å². The third-order valence-corrected chi connectivity index (χ3v) is 7.02. The molecule has 5 rings (SSSR count). The van der Waals surface area contributed by atoms with Crippen LogP contribution in [0.3, 0.4) is 0 Å². The number of aromatic nitrogens is 1. The highest BCUT2D eigenvalue weighted by Gasteiger charge is 2.39. The van der Waals surface area contributed by atoms with E-state index in [-0.39, 0.29) is 5.76 Å². The summed E-state index contributed by atoms with van der Waals surface area (Å²) in [6.07, 6.45) is 7.15. The van der Waals surface area contributed by atoms with E-state index in [1.54, 1.807) is 7.11 Å². The minimum Gasteiger partial charge on any atom is -0.510 e. The van der Waals surface area contributed by atoms with Crippen LogP contribution in [0.25, 0.3) is 16.8 Å². The summed E-state index contributed by atoms with van der Waals surface area (Å²) in [4.78, 5) is 6.72. The van der Waals surface area contributed by atoms with E-state index in [9.17, 15) is 5.11 Å². The molecule has 1 saturated carbocycles. The van der Waals surface area contributed by atoms with Gasteiger partial charge in [-0.05, 0) is 54.9 Å². The standard InChI is InChI=1S/C22H23N3O2S/c1-27-17-6-4-14(5-7-17)18-12-28-22(24-18)20-19(26)11-25(21(20)23)10-16-9-13-2-3-15(16)8-13/h2-7,12-13,15-16,23,26H,8-11H2,1H3/t13-,15-,16-/m0/s1. The lowest BCUT2D eigenvalue weighted by atomic mass is 9.93. The summed E-state index contributed by atoms with van der Waals surface area (Å²) in [6, 6.07) is 7.77. The van der Waals surface area contributed by atoms with Crippen LogP contribution < -0.4 is 4.74 Å². The summed E-state index contributed by atoms with van der Waals surface area (Å²) in [5.41, 5.74) is 2.44. The van der Waals surface area contributed by atoms with Crippen LogP contribution in [-0.4, -0.2) is 41.0 Å².